The molecule has 0 amide bonds. The molecule has 0 aliphatic heterocycles. The molecule has 0 spiro atoms. The number of nitrogens with zero attached hydrogens (tertiary/aromatic N) is 2. The van der Waals surface area contributed by atoms with E-state index in [1.165, 1.54) is 17.4 Å². The van der Waals surface area contributed by atoms with E-state index in [-0.39, 0.29) is 16.5 Å². The van der Waals surface area contributed by atoms with Crippen LogP contribution < -0.4 is 4.72 Å². The first-order valence-electron chi connectivity index (χ1n) is 7.36. The van der Waals surface area contributed by atoms with E-state index >= 15 is 0 Å². The lowest BCUT2D eigenvalue weighted by Crippen LogP contribution is -2.24. The van der Waals surface area contributed by atoms with Crippen molar-refractivity contribution in [3.63, 3.8) is 0 Å². The molecule has 0 radical (unpaired) electrons. The second-order valence-corrected chi connectivity index (χ2v) is 8.03. The van der Waals surface area contributed by atoms with Gasteiger partial charge in [0.2, 0.25) is 10.0 Å². The van der Waals surface area contributed by atoms with Gasteiger partial charge in [-0.05, 0) is 25.2 Å². The van der Waals surface area contributed by atoms with E-state index in [2.05, 4.69) is 28.5 Å². The SMILES string of the molecule is CCN(CC)Cc1csc(CNS(=O)(=O)c2ccccc2Cl)n1. The van der Waals surface area contributed by atoms with Crippen LogP contribution in [-0.2, 0) is 23.1 Å². The summed E-state index contributed by atoms with van der Waals surface area (Å²) in [6.45, 7) is 7.07. The van der Waals surface area contributed by atoms with Crippen LogP contribution in [-0.4, -0.2) is 31.4 Å². The van der Waals surface area contributed by atoms with E-state index in [1.54, 1.807) is 18.2 Å². The molecule has 1 aromatic carbocycles. The molecule has 2 aromatic rings. The minimum absolute atomic E-state index is 0.0848. The summed E-state index contributed by atoms with van der Waals surface area (Å²) in [5.74, 6) is 0. The minimum atomic E-state index is -3.64. The van der Waals surface area contributed by atoms with Crippen molar-refractivity contribution in [3.8, 4) is 0 Å². The number of halogens is 1. The summed E-state index contributed by atoms with van der Waals surface area (Å²) in [6.07, 6.45) is 0. The molecule has 1 heterocycles. The van der Waals surface area contributed by atoms with Gasteiger partial charge in [-0.25, -0.2) is 18.1 Å². The molecule has 23 heavy (non-hydrogen) atoms. The molecule has 0 saturated heterocycles. The molecule has 0 saturated carbocycles. The second-order valence-electron chi connectivity index (χ2n) is 4.95. The largest absolute Gasteiger partial charge is 0.298 e. The minimum Gasteiger partial charge on any atom is -0.298 e. The van der Waals surface area contributed by atoms with Crippen molar-refractivity contribution >= 4 is 33.0 Å². The van der Waals surface area contributed by atoms with Crippen LogP contribution in [0.3, 0.4) is 0 Å². The van der Waals surface area contributed by atoms with E-state index in [9.17, 15) is 8.42 Å². The van der Waals surface area contributed by atoms with Crippen LogP contribution in [0, 0.1) is 0 Å². The van der Waals surface area contributed by atoms with E-state index in [4.69, 9.17) is 11.6 Å². The summed E-state index contributed by atoms with van der Waals surface area (Å²) >= 11 is 7.40. The fourth-order valence-electron chi connectivity index (χ4n) is 2.08. The summed E-state index contributed by atoms with van der Waals surface area (Å²) in [6, 6.07) is 6.38. The number of benzene rings is 1. The lowest BCUT2D eigenvalue weighted by Gasteiger charge is -2.15. The zero-order chi connectivity index (χ0) is 16.9. The van der Waals surface area contributed by atoms with E-state index in [0.29, 0.717) is 0 Å². The topological polar surface area (TPSA) is 62.3 Å². The molecule has 0 unspecified atom stereocenters. The molecule has 2 rings (SSSR count). The zero-order valence-corrected chi connectivity index (χ0v) is 15.5. The molecule has 1 N–H and O–H groups in total. The summed E-state index contributed by atoms with van der Waals surface area (Å²) in [5, 5.41) is 2.92. The average Bonchev–Trinajstić information content (AvgIpc) is 2.98. The number of hydrogen-bond acceptors (Lipinski definition) is 5. The lowest BCUT2D eigenvalue weighted by atomic mass is 10.4. The summed E-state index contributed by atoms with van der Waals surface area (Å²) in [5.41, 5.74) is 0.964. The Morgan fingerprint density at radius 1 is 1.26 bits per heavy atom. The third kappa shape index (κ3) is 4.99. The molecule has 1 aromatic heterocycles. The maximum absolute atomic E-state index is 12.3. The Kier molecular flexibility index (Phi) is 6.55. The Labute approximate surface area is 146 Å². The van der Waals surface area contributed by atoms with Gasteiger partial charge in [-0.3, -0.25) is 4.90 Å². The van der Waals surface area contributed by atoms with Crippen LogP contribution in [0.4, 0.5) is 0 Å². The van der Waals surface area contributed by atoms with Crippen molar-refractivity contribution in [2.45, 2.75) is 31.8 Å². The van der Waals surface area contributed by atoms with Gasteiger partial charge < -0.3 is 0 Å². The highest BCUT2D eigenvalue weighted by Crippen LogP contribution is 2.21. The van der Waals surface area contributed by atoms with Gasteiger partial charge in [0.15, 0.2) is 0 Å². The number of thiazole rings is 1. The summed E-state index contributed by atoms with van der Waals surface area (Å²) in [4.78, 5) is 6.82. The molecule has 0 aliphatic rings. The highest BCUT2D eigenvalue weighted by Gasteiger charge is 2.17. The first kappa shape index (κ1) is 18.4. The molecule has 0 bridgehead atoms. The molecule has 8 heteroatoms. The van der Waals surface area contributed by atoms with Crippen molar-refractivity contribution in [1.29, 1.82) is 0 Å². The lowest BCUT2D eigenvalue weighted by molar-refractivity contribution is 0.292. The van der Waals surface area contributed by atoms with Gasteiger partial charge in [-0.1, -0.05) is 37.6 Å². The Morgan fingerprint density at radius 3 is 2.61 bits per heavy atom. The van der Waals surface area contributed by atoms with Crippen LogP contribution >= 0.6 is 22.9 Å². The van der Waals surface area contributed by atoms with E-state index in [1.807, 2.05) is 5.38 Å². The van der Waals surface area contributed by atoms with Crippen molar-refractivity contribution < 1.29 is 8.42 Å². The quantitative estimate of drug-likeness (QED) is 0.772. The summed E-state index contributed by atoms with van der Waals surface area (Å²) < 4.78 is 27.1. The normalized spacial score (nSPS) is 12.0. The predicted octanol–water partition coefficient (Wildman–Crippen LogP) is 3.12. The van der Waals surface area contributed by atoms with Crippen LogP contribution in [0.2, 0.25) is 5.02 Å². The Balaban J connectivity index is 2.01. The van der Waals surface area contributed by atoms with Gasteiger partial charge >= 0.3 is 0 Å². The average molecular weight is 374 g/mol. The standard InChI is InChI=1S/C15H20ClN3O2S2/c1-3-19(4-2)10-12-11-22-15(18-12)9-17-23(20,21)14-8-6-5-7-13(14)16/h5-8,11,17H,3-4,9-10H2,1-2H3. The Hall–Kier alpha value is -0.990. The van der Waals surface area contributed by atoms with Gasteiger partial charge in [0.05, 0.1) is 17.3 Å². The van der Waals surface area contributed by atoms with Crippen LogP contribution in [0.25, 0.3) is 0 Å². The molecule has 126 valence electrons. The number of aromatic nitrogens is 1. The second kappa shape index (κ2) is 8.21. The van der Waals surface area contributed by atoms with Crippen LogP contribution in [0.15, 0.2) is 34.5 Å². The van der Waals surface area contributed by atoms with Gasteiger partial charge in [0, 0.05) is 11.9 Å². The van der Waals surface area contributed by atoms with Gasteiger partial charge in [0.1, 0.15) is 9.90 Å². The van der Waals surface area contributed by atoms with Crippen LogP contribution in [0.1, 0.15) is 24.5 Å². The van der Waals surface area contributed by atoms with Crippen LogP contribution in [0.5, 0.6) is 0 Å². The fourth-order valence-corrected chi connectivity index (χ4v) is 4.40. The maximum atomic E-state index is 12.3. The van der Waals surface area contributed by atoms with E-state index < -0.39 is 10.0 Å². The third-order valence-electron chi connectivity index (χ3n) is 3.42. The highest BCUT2D eigenvalue weighted by molar-refractivity contribution is 7.89. The van der Waals surface area contributed by atoms with Crippen molar-refractivity contribution in [2.75, 3.05) is 13.1 Å². The van der Waals surface area contributed by atoms with Crippen molar-refractivity contribution in [1.82, 2.24) is 14.6 Å². The fraction of sp³-hybridized carbons (Fsp3) is 0.400. The van der Waals surface area contributed by atoms with Crippen molar-refractivity contribution in [3.05, 3.63) is 45.4 Å². The number of hydrogen-bond donors (Lipinski definition) is 1. The number of sulfonamides is 1. The first-order valence-corrected chi connectivity index (χ1v) is 10.1. The molecule has 0 fully saturated rings. The molecule has 5 nitrogen and oxygen atoms in total. The van der Waals surface area contributed by atoms with Gasteiger partial charge in [-0.15, -0.1) is 11.3 Å². The molecule has 0 atom stereocenters. The number of rotatable bonds is 8. The number of nitrogens with one attached hydrogen (secondary N) is 1. The smallest absolute Gasteiger partial charge is 0.242 e. The van der Waals surface area contributed by atoms with Gasteiger partial charge in [-0.2, -0.15) is 0 Å². The third-order valence-corrected chi connectivity index (χ3v) is 6.22. The summed E-state index contributed by atoms with van der Waals surface area (Å²) in [7, 11) is -3.64. The van der Waals surface area contributed by atoms with Crippen molar-refractivity contribution in [2.24, 2.45) is 0 Å². The Morgan fingerprint density at radius 2 is 1.96 bits per heavy atom. The monoisotopic (exact) mass is 373 g/mol. The predicted molar refractivity (Wildman–Crippen MR) is 94.2 cm³/mol. The molecular formula is C15H20ClN3O2S2. The zero-order valence-electron chi connectivity index (χ0n) is 13.1. The molecule has 0 aliphatic carbocycles. The maximum Gasteiger partial charge on any atom is 0.242 e. The van der Waals surface area contributed by atoms with Gasteiger partial charge in [0.25, 0.3) is 0 Å². The molecular weight excluding hydrogens is 354 g/mol. The first-order chi connectivity index (χ1) is 11.0. The Bertz CT molecular complexity index is 743. The highest BCUT2D eigenvalue weighted by atomic mass is 35.5. The van der Waals surface area contributed by atoms with E-state index in [0.717, 1.165) is 30.3 Å².